The Balaban J connectivity index is 2.00. The molecule has 0 saturated heterocycles. The van der Waals surface area contributed by atoms with Crippen molar-refractivity contribution in [1.29, 1.82) is 0 Å². The lowest BCUT2D eigenvalue weighted by Gasteiger charge is -2.12. The fourth-order valence-electron chi connectivity index (χ4n) is 4.28. The van der Waals surface area contributed by atoms with Crippen molar-refractivity contribution in [1.82, 2.24) is 0 Å². The SMILES string of the molecule is CCCCCCCCCCCCCCCCCCCc1cc(O)c(C)c(O)c1C(=O)O. The number of hydrogen-bond acceptors (Lipinski definition) is 3. The zero-order chi connectivity index (χ0) is 22.9. The van der Waals surface area contributed by atoms with Gasteiger partial charge in [0.1, 0.15) is 17.1 Å². The van der Waals surface area contributed by atoms with Crippen molar-refractivity contribution >= 4 is 5.97 Å². The number of unbranched alkanes of at least 4 members (excludes halogenated alkanes) is 16. The molecule has 0 aliphatic heterocycles. The van der Waals surface area contributed by atoms with Crippen LogP contribution >= 0.6 is 0 Å². The van der Waals surface area contributed by atoms with Gasteiger partial charge in [0.2, 0.25) is 0 Å². The number of carboxylic acid groups (broad SMARTS) is 1. The van der Waals surface area contributed by atoms with Crippen LogP contribution in [0.1, 0.15) is 138 Å². The molecule has 0 saturated carbocycles. The summed E-state index contributed by atoms with van der Waals surface area (Å²) in [6.45, 7) is 3.79. The van der Waals surface area contributed by atoms with Crippen molar-refractivity contribution < 1.29 is 20.1 Å². The smallest absolute Gasteiger partial charge is 0.339 e. The minimum Gasteiger partial charge on any atom is -0.508 e. The minimum atomic E-state index is -1.14. The Hall–Kier alpha value is -1.71. The van der Waals surface area contributed by atoms with Gasteiger partial charge in [-0.1, -0.05) is 110 Å². The molecule has 0 atom stereocenters. The molecule has 3 N–H and O–H groups in total. The predicted octanol–water partition coefficient (Wildman–Crippen LogP) is 8.30. The Morgan fingerprint density at radius 3 is 1.48 bits per heavy atom. The van der Waals surface area contributed by atoms with E-state index in [-0.39, 0.29) is 22.6 Å². The maximum absolute atomic E-state index is 11.4. The molecule has 0 radical (unpaired) electrons. The quantitative estimate of drug-likeness (QED) is 0.191. The van der Waals surface area contributed by atoms with Crippen LogP contribution in [-0.4, -0.2) is 21.3 Å². The van der Waals surface area contributed by atoms with E-state index in [1.54, 1.807) is 0 Å². The van der Waals surface area contributed by atoms with Crippen LogP contribution in [0.5, 0.6) is 11.5 Å². The number of carboxylic acids is 1. The molecular weight excluding hydrogens is 388 g/mol. The molecule has 0 amide bonds. The highest BCUT2D eigenvalue weighted by Crippen LogP contribution is 2.33. The molecule has 1 aromatic rings. The van der Waals surface area contributed by atoms with Crippen LogP contribution in [0.3, 0.4) is 0 Å². The Morgan fingerprint density at radius 2 is 1.10 bits per heavy atom. The number of aryl methyl sites for hydroxylation is 1. The van der Waals surface area contributed by atoms with Crippen LogP contribution in [0.25, 0.3) is 0 Å². The number of phenolic OH excluding ortho intramolecular Hbond substituents is 1. The van der Waals surface area contributed by atoms with Gasteiger partial charge >= 0.3 is 5.97 Å². The third kappa shape index (κ3) is 11.5. The number of rotatable bonds is 19. The second-order valence-corrected chi connectivity index (χ2v) is 9.12. The summed E-state index contributed by atoms with van der Waals surface area (Å²) >= 11 is 0. The number of phenols is 2. The van der Waals surface area contributed by atoms with Crippen LogP contribution in [-0.2, 0) is 6.42 Å². The van der Waals surface area contributed by atoms with E-state index in [1.165, 1.54) is 103 Å². The standard InChI is InChI=1S/C27H46O4/c1-3-4-5-6-7-8-9-10-11-12-13-14-15-16-17-18-19-20-23-21-24(28)22(2)26(29)25(23)27(30)31/h21,28-29H,3-20H2,1-2H3,(H,30,31). The maximum Gasteiger partial charge on any atom is 0.339 e. The molecule has 1 aromatic carbocycles. The van der Waals surface area contributed by atoms with Gasteiger partial charge in [-0.3, -0.25) is 0 Å². The molecule has 0 unspecified atom stereocenters. The van der Waals surface area contributed by atoms with Crippen LogP contribution in [0, 0.1) is 6.92 Å². The zero-order valence-electron chi connectivity index (χ0n) is 20.1. The van der Waals surface area contributed by atoms with Gasteiger partial charge in [0, 0.05) is 5.56 Å². The van der Waals surface area contributed by atoms with E-state index < -0.39 is 5.97 Å². The molecule has 31 heavy (non-hydrogen) atoms. The molecule has 0 spiro atoms. The molecule has 178 valence electrons. The monoisotopic (exact) mass is 434 g/mol. The third-order valence-corrected chi connectivity index (χ3v) is 6.37. The lowest BCUT2D eigenvalue weighted by Crippen LogP contribution is -2.04. The van der Waals surface area contributed by atoms with Gasteiger partial charge in [-0.05, 0) is 31.4 Å². The fraction of sp³-hybridized carbons (Fsp3) is 0.741. The summed E-state index contributed by atoms with van der Waals surface area (Å²) in [7, 11) is 0. The molecule has 1 rings (SSSR count). The van der Waals surface area contributed by atoms with Gasteiger partial charge in [0.05, 0.1) is 0 Å². The van der Waals surface area contributed by atoms with Gasteiger partial charge in [0.25, 0.3) is 0 Å². The second kappa shape index (κ2) is 16.9. The Bertz CT molecular complexity index is 624. The number of hydrogen-bond donors (Lipinski definition) is 3. The molecule has 0 bridgehead atoms. The second-order valence-electron chi connectivity index (χ2n) is 9.12. The van der Waals surface area contributed by atoms with E-state index in [1.807, 2.05) is 0 Å². The molecule has 4 heteroatoms. The molecule has 4 nitrogen and oxygen atoms in total. The Labute approximate surface area is 190 Å². The normalized spacial score (nSPS) is 11.2. The maximum atomic E-state index is 11.4. The first-order chi connectivity index (χ1) is 15.0. The van der Waals surface area contributed by atoms with E-state index in [0.29, 0.717) is 12.0 Å². The summed E-state index contributed by atoms with van der Waals surface area (Å²) in [5.74, 6) is -1.48. The molecular formula is C27H46O4. The summed E-state index contributed by atoms with van der Waals surface area (Å²) in [4.78, 5) is 11.4. The van der Waals surface area contributed by atoms with Crippen molar-refractivity contribution in [2.45, 2.75) is 129 Å². The zero-order valence-corrected chi connectivity index (χ0v) is 20.1. The topological polar surface area (TPSA) is 77.8 Å². The summed E-state index contributed by atoms with van der Waals surface area (Å²) < 4.78 is 0. The fourth-order valence-corrected chi connectivity index (χ4v) is 4.28. The first kappa shape index (κ1) is 27.3. The van der Waals surface area contributed by atoms with Gasteiger partial charge in [-0.2, -0.15) is 0 Å². The number of benzene rings is 1. The molecule has 0 aromatic heterocycles. The van der Waals surface area contributed by atoms with Crippen LogP contribution in [0.2, 0.25) is 0 Å². The summed E-state index contributed by atoms with van der Waals surface area (Å²) in [6, 6.07) is 1.49. The molecule has 0 fully saturated rings. The summed E-state index contributed by atoms with van der Waals surface area (Å²) in [5.41, 5.74) is 0.685. The van der Waals surface area contributed by atoms with Crippen molar-refractivity contribution in [2.75, 3.05) is 0 Å². The van der Waals surface area contributed by atoms with E-state index in [4.69, 9.17) is 0 Å². The van der Waals surface area contributed by atoms with E-state index in [9.17, 15) is 20.1 Å². The summed E-state index contributed by atoms with van der Waals surface area (Å²) in [5, 5.41) is 29.3. The lowest BCUT2D eigenvalue weighted by molar-refractivity contribution is 0.0692. The first-order valence-electron chi connectivity index (χ1n) is 12.8. The van der Waals surface area contributed by atoms with Crippen molar-refractivity contribution in [3.05, 3.63) is 22.8 Å². The van der Waals surface area contributed by atoms with Crippen molar-refractivity contribution in [3.63, 3.8) is 0 Å². The van der Waals surface area contributed by atoms with Crippen molar-refractivity contribution in [2.24, 2.45) is 0 Å². The van der Waals surface area contributed by atoms with Gasteiger partial charge < -0.3 is 15.3 Å². The summed E-state index contributed by atoms with van der Waals surface area (Å²) in [6.07, 6.45) is 22.8. The Morgan fingerprint density at radius 1 is 0.710 bits per heavy atom. The van der Waals surface area contributed by atoms with Gasteiger partial charge in [0.15, 0.2) is 0 Å². The average molecular weight is 435 g/mol. The van der Waals surface area contributed by atoms with Crippen LogP contribution < -0.4 is 0 Å². The molecule has 0 aliphatic rings. The van der Waals surface area contributed by atoms with Gasteiger partial charge in [-0.15, -0.1) is 0 Å². The lowest BCUT2D eigenvalue weighted by atomic mass is 9.96. The highest BCUT2D eigenvalue weighted by atomic mass is 16.4. The average Bonchev–Trinajstić information content (AvgIpc) is 2.74. The largest absolute Gasteiger partial charge is 0.508 e. The molecule has 0 aliphatic carbocycles. The van der Waals surface area contributed by atoms with E-state index in [2.05, 4.69) is 6.92 Å². The highest BCUT2D eigenvalue weighted by molar-refractivity contribution is 5.93. The number of aromatic carboxylic acids is 1. The number of carbonyl (C=O) groups is 1. The van der Waals surface area contributed by atoms with Crippen LogP contribution in [0.15, 0.2) is 6.07 Å². The first-order valence-corrected chi connectivity index (χ1v) is 12.8. The highest BCUT2D eigenvalue weighted by Gasteiger charge is 2.19. The third-order valence-electron chi connectivity index (χ3n) is 6.37. The number of aromatic hydroxyl groups is 2. The van der Waals surface area contributed by atoms with E-state index in [0.717, 1.165) is 19.3 Å². The van der Waals surface area contributed by atoms with E-state index >= 15 is 0 Å². The van der Waals surface area contributed by atoms with Gasteiger partial charge in [-0.25, -0.2) is 4.79 Å². The van der Waals surface area contributed by atoms with Crippen molar-refractivity contribution in [3.8, 4) is 11.5 Å². The molecule has 0 heterocycles. The minimum absolute atomic E-state index is 0.0375. The predicted molar refractivity (Wildman–Crippen MR) is 129 cm³/mol. The van der Waals surface area contributed by atoms with Crippen LogP contribution in [0.4, 0.5) is 0 Å². The Kier molecular flexibility index (Phi) is 14.9.